The van der Waals surface area contributed by atoms with Crippen LogP contribution in [-0.2, 0) is 27.1 Å². The minimum Gasteiger partial charge on any atom is -0.352 e. The minimum atomic E-state index is -0.477. The summed E-state index contributed by atoms with van der Waals surface area (Å²) < 4.78 is 10.9. The Morgan fingerprint density at radius 2 is 1.76 bits per heavy atom. The molecule has 1 atom stereocenters. The molecule has 1 unspecified atom stereocenters. The van der Waals surface area contributed by atoms with Crippen molar-refractivity contribution < 1.29 is 23.9 Å². The third-order valence-corrected chi connectivity index (χ3v) is 7.60. The first kappa shape index (κ1) is 24.9. The summed E-state index contributed by atoms with van der Waals surface area (Å²) in [6.45, 7) is 5.70. The Hall–Kier alpha value is -2.17. The molecule has 4 rings (SSSR count). The second-order valence-corrected chi connectivity index (χ2v) is 10.4. The maximum absolute atomic E-state index is 13.1. The van der Waals surface area contributed by atoms with Crippen LogP contribution in [0.4, 0.5) is 9.80 Å². The van der Waals surface area contributed by atoms with Gasteiger partial charge in [0.1, 0.15) is 5.00 Å². The lowest BCUT2D eigenvalue weighted by atomic mass is 9.91. The number of thiophene rings is 1. The van der Waals surface area contributed by atoms with E-state index in [-0.39, 0.29) is 36.3 Å². The molecule has 3 aliphatic carbocycles. The molecule has 34 heavy (non-hydrogen) atoms. The van der Waals surface area contributed by atoms with Crippen LogP contribution >= 0.6 is 11.3 Å². The molecule has 10 heteroatoms. The zero-order valence-electron chi connectivity index (χ0n) is 20.0. The van der Waals surface area contributed by atoms with Crippen molar-refractivity contribution in [3.05, 3.63) is 16.0 Å². The Morgan fingerprint density at radius 1 is 1.03 bits per heavy atom. The molecular formula is C24H36N4O5S. The summed E-state index contributed by atoms with van der Waals surface area (Å²) in [6, 6.07) is -0.378. The van der Waals surface area contributed by atoms with Crippen molar-refractivity contribution in [2.45, 2.75) is 71.1 Å². The molecule has 188 valence electrons. The van der Waals surface area contributed by atoms with Crippen molar-refractivity contribution in [3.63, 3.8) is 0 Å². The van der Waals surface area contributed by atoms with Gasteiger partial charge in [0.15, 0.2) is 6.29 Å². The lowest BCUT2D eigenvalue weighted by Crippen LogP contribution is -2.47. The van der Waals surface area contributed by atoms with Crippen molar-refractivity contribution in [1.82, 2.24) is 16.0 Å². The Balaban J connectivity index is 1.40. The second-order valence-electron chi connectivity index (χ2n) is 9.26. The number of ether oxygens (including phenoxy) is 2. The molecule has 1 aromatic rings. The fraction of sp³-hybridized carbons (Fsp3) is 0.708. The van der Waals surface area contributed by atoms with Crippen LogP contribution in [0.1, 0.15) is 66.8 Å². The van der Waals surface area contributed by atoms with E-state index in [1.54, 1.807) is 0 Å². The molecule has 2 saturated carbocycles. The molecule has 0 saturated heterocycles. The first-order chi connectivity index (χ1) is 16.5. The number of urea groups is 1. The number of carbonyl (C=O) groups excluding carboxylic acids is 3. The van der Waals surface area contributed by atoms with Gasteiger partial charge in [-0.25, -0.2) is 4.79 Å². The average molecular weight is 493 g/mol. The predicted octanol–water partition coefficient (Wildman–Crippen LogP) is 2.79. The molecular weight excluding hydrogens is 456 g/mol. The van der Waals surface area contributed by atoms with Crippen LogP contribution in [0.3, 0.4) is 0 Å². The van der Waals surface area contributed by atoms with Crippen LogP contribution in [-0.4, -0.2) is 56.5 Å². The van der Waals surface area contributed by atoms with Crippen molar-refractivity contribution in [1.29, 1.82) is 0 Å². The lowest BCUT2D eigenvalue weighted by molar-refractivity contribution is -0.131. The molecule has 1 aromatic heterocycles. The summed E-state index contributed by atoms with van der Waals surface area (Å²) >= 11 is 1.51. The Morgan fingerprint density at radius 3 is 2.41 bits per heavy atom. The van der Waals surface area contributed by atoms with E-state index in [1.807, 2.05) is 13.8 Å². The molecule has 0 aromatic carbocycles. The van der Waals surface area contributed by atoms with Gasteiger partial charge in [-0.1, -0.05) is 0 Å². The number of carbonyl (C=O) groups is 3. The summed E-state index contributed by atoms with van der Waals surface area (Å²) in [5.41, 5.74) is 1.52. The number of anilines is 1. The monoisotopic (exact) mass is 492 g/mol. The van der Waals surface area contributed by atoms with Crippen LogP contribution < -0.4 is 21.3 Å². The number of rotatable bonds is 12. The van der Waals surface area contributed by atoms with Gasteiger partial charge in [0.05, 0.1) is 12.1 Å². The van der Waals surface area contributed by atoms with Crippen LogP contribution in [0.5, 0.6) is 0 Å². The van der Waals surface area contributed by atoms with E-state index in [0.717, 1.165) is 49.0 Å². The summed E-state index contributed by atoms with van der Waals surface area (Å²) in [7, 11) is 0. The third-order valence-electron chi connectivity index (χ3n) is 6.39. The number of amides is 4. The molecule has 4 N–H and O–H groups in total. The fourth-order valence-electron chi connectivity index (χ4n) is 4.19. The van der Waals surface area contributed by atoms with E-state index >= 15 is 0 Å². The Bertz CT molecular complexity index is 890. The van der Waals surface area contributed by atoms with Gasteiger partial charge in [-0.05, 0) is 70.3 Å². The molecule has 0 aliphatic heterocycles. The molecule has 0 bridgehead atoms. The first-order valence-electron chi connectivity index (χ1n) is 12.5. The Kier molecular flexibility index (Phi) is 8.44. The quantitative estimate of drug-likeness (QED) is 0.335. The smallest absolute Gasteiger partial charge is 0.315 e. The normalized spacial score (nSPS) is 19.4. The SMILES string of the molecule is CCOC(CNC(=O)NC1CCc2sc(NC(=O)C3CC3)c(C(=O)NCC3CC3)c2C1)OCC. The van der Waals surface area contributed by atoms with E-state index in [4.69, 9.17) is 9.47 Å². The highest BCUT2D eigenvalue weighted by atomic mass is 32.1. The van der Waals surface area contributed by atoms with Crippen molar-refractivity contribution in [2.24, 2.45) is 11.8 Å². The van der Waals surface area contributed by atoms with Crippen molar-refractivity contribution in [3.8, 4) is 0 Å². The van der Waals surface area contributed by atoms with Gasteiger partial charge in [-0.3, -0.25) is 9.59 Å². The zero-order valence-corrected chi connectivity index (χ0v) is 20.9. The van der Waals surface area contributed by atoms with Gasteiger partial charge < -0.3 is 30.7 Å². The van der Waals surface area contributed by atoms with Crippen LogP contribution in [0, 0.1) is 11.8 Å². The molecule has 2 fully saturated rings. The first-order valence-corrected chi connectivity index (χ1v) is 13.3. The average Bonchev–Trinajstić information content (AvgIpc) is 3.73. The standard InChI is InChI=1S/C24H36N4O5S/c1-3-32-19(33-4-2)13-26-24(31)27-16-9-10-18-17(11-16)20(22(30)25-12-14-5-6-14)23(34-18)28-21(29)15-7-8-15/h14-16,19H,3-13H2,1-2H3,(H,25,30)(H,28,29)(H2,26,27,31). The van der Waals surface area contributed by atoms with Crippen LogP contribution in [0.25, 0.3) is 0 Å². The molecule has 9 nitrogen and oxygen atoms in total. The predicted molar refractivity (Wildman–Crippen MR) is 130 cm³/mol. The maximum atomic E-state index is 13.1. The van der Waals surface area contributed by atoms with E-state index < -0.39 is 6.29 Å². The number of hydrogen-bond acceptors (Lipinski definition) is 6. The largest absolute Gasteiger partial charge is 0.352 e. The van der Waals surface area contributed by atoms with E-state index in [1.165, 1.54) is 11.3 Å². The van der Waals surface area contributed by atoms with E-state index in [9.17, 15) is 14.4 Å². The van der Waals surface area contributed by atoms with Gasteiger partial charge >= 0.3 is 6.03 Å². The summed E-state index contributed by atoms with van der Waals surface area (Å²) in [4.78, 5) is 39.2. The maximum Gasteiger partial charge on any atom is 0.315 e. The molecule has 3 aliphatic rings. The lowest BCUT2D eigenvalue weighted by Gasteiger charge is -2.25. The topological polar surface area (TPSA) is 118 Å². The van der Waals surface area contributed by atoms with E-state index in [2.05, 4.69) is 21.3 Å². The molecule has 1 heterocycles. The van der Waals surface area contributed by atoms with Crippen molar-refractivity contribution in [2.75, 3.05) is 31.6 Å². The number of fused-ring (bicyclic) bond motifs is 1. The molecule has 0 radical (unpaired) electrons. The van der Waals surface area contributed by atoms with Crippen LogP contribution in [0.15, 0.2) is 0 Å². The van der Waals surface area contributed by atoms with Gasteiger partial charge in [-0.15, -0.1) is 11.3 Å². The summed E-state index contributed by atoms with van der Waals surface area (Å²) in [5.74, 6) is 0.508. The van der Waals surface area contributed by atoms with Gasteiger partial charge in [0.25, 0.3) is 5.91 Å². The number of nitrogens with one attached hydrogen (secondary N) is 4. The van der Waals surface area contributed by atoms with Crippen molar-refractivity contribution >= 4 is 34.2 Å². The number of aryl methyl sites for hydroxylation is 1. The highest BCUT2D eigenvalue weighted by molar-refractivity contribution is 7.17. The van der Waals surface area contributed by atoms with Gasteiger partial charge in [0, 0.05) is 36.6 Å². The Labute approximate surface area is 204 Å². The highest BCUT2D eigenvalue weighted by Crippen LogP contribution is 2.40. The minimum absolute atomic E-state index is 0.00189. The van der Waals surface area contributed by atoms with Gasteiger partial charge in [0.2, 0.25) is 5.91 Å². The fourth-order valence-corrected chi connectivity index (χ4v) is 5.44. The summed E-state index contributed by atoms with van der Waals surface area (Å²) in [5, 5.41) is 12.6. The second kappa shape index (κ2) is 11.5. The highest BCUT2D eigenvalue weighted by Gasteiger charge is 2.34. The van der Waals surface area contributed by atoms with Gasteiger partial charge in [-0.2, -0.15) is 0 Å². The zero-order chi connectivity index (χ0) is 24.1. The molecule has 4 amide bonds. The van der Waals surface area contributed by atoms with E-state index in [0.29, 0.717) is 42.7 Å². The number of hydrogen-bond donors (Lipinski definition) is 4. The van der Waals surface area contributed by atoms with Crippen LogP contribution in [0.2, 0.25) is 0 Å². The molecule has 0 spiro atoms. The third kappa shape index (κ3) is 6.70. The summed E-state index contributed by atoms with van der Waals surface area (Å²) in [6.07, 6.45) is 5.75.